The van der Waals surface area contributed by atoms with Gasteiger partial charge < -0.3 is 20.1 Å². The highest BCUT2D eigenvalue weighted by molar-refractivity contribution is 5.85. The highest BCUT2D eigenvalue weighted by atomic mass is 35.5. The number of amides is 1. The Balaban J connectivity index is 0.00000312. The molecule has 1 aliphatic rings. The van der Waals surface area contributed by atoms with E-state index in [4.69, 9.17) is 9.47 Å². The number of nitrogens with one attached hydrogen (secondary N) is 2. The maximum absolute atomic E-state index is 12.0. The highest BCUT2D eigenvalue weighted by Gasteiger charge is 2.21. The molecule has 1 heterocycles. The third-order valence-electron chi connectivity index (χ3n) is 4.60. The molecule has 0 aliphatic carbocycles. The Morgan fingerprint density at radius 1 is 1.40 bits per heavy atom. The second kappa shape index (κ2) is 12.0. The number of benzene rings is 1. The molecule has 1 fully saturated rings. The zero-order valence-corrected chi connectivity index (χ0v) is 16.1. The van der Waals surface area contributed by atoms with Gasteiger partial charge in [0.05, 0.1) is 13.7 Å². The molecule has 2 atom stereocenters. The first-order valence-corrected chi connectivity index (χ1v) is 8.93. The minimum Gasteiger partial charge on any atom is -0.497 e. The molecule has 25 heavy (non-hydrogen) atoms. The SMILES string of the molecule is COc1cccc(OCCCNC(=O)CC(C)C2CCCNC2)c1.Cl. The summed E-state index contributed by atoms with van der Waals surface area (Å²) in [6, 6.07) is 7.55. The smallest absolute Gasteiger partial charge is 0.220 e. The van der Waals surface area contributed by atoms with E-state index in [1.807, 2.05) is 24.3 Å². The van der Waals surface area contributed by atoms with Gasteiger partial charge in [0.1, 0.15) is 11.5 Å². The van der Waals surface area contributed by atoms with Gasteiger partial charge in [-0.05, 0) is 56.3 Å². The molecule has 0 spiro atoms. The normalized spacial score (nSPS) is 17.9. The van der Waals surface area contributed by atoms with Gasteiger partial charge in [0.2, 0.25) is 5.91 Å². The van der Waals surface area contributed by atoms with Gasteiger partial charge in [0.25, 0.3) is 0 Å². The van der Waals surface area contributed by atoms with E-state index in [-0.39, 0.29) is 18.3 Å². The van der Waals surface area contributed by atoms with E-state index in [9.17, 15) is 4.79 Å². The summed E-state index contributed by atoms with van der Waals surface area (Å²) in [7, 11) is 1.64. The maximum Gasteiger partial charge on any atom is 0.220 e. The minimum absolute atomic E-state index is 0. The van der Waals surface area contributed by atoms with Crippen LogP contribution in [0.1, 0.15) is 32.6 Å². The molecule has 1 aromatic carbocycles. The van der Waals surface area contributed by atoms with Crippen molar-refractivity contribution in [2.45, 2.75) is 32.6 Å². The van der Waals surface area contributed by atoms with E-state index < -0.39 is 0 Å². The van der Waals surface area contributed by atoms with Crippen molar-refractivity contribution in [3.8, 4) is 11.5 Å². The van der Waals surface area contributed by atoms with E-state index in [1.165, 1.54) is 12.8 Å². The van der Waals surface area contributed by atoms with Crippen LogP contribution in [0.4, 0.5) is 0 Å². The number of rotatable bonds is 9. The van der Waals surface area contributed by atoms with Gasteiger partial charge in [-0.25, -0.2) is 0 Å². The number of hydrogen-bond donors (Lipinski definition) is 2. The van der Waals surface area contributed by atoms with Crippen LogP contribution in [0.2, 0.25) is 0 Å². The average Bonchev–Trinajstić information content (AvgIpc) is 2.62. The Kier molecular flexibility index (Phi) is 10.3. The highest BCUT2D eigenvalue weighted by Crippen LogP contribution is 2.22. The number of hydrogen-bond acceptors (Lipinski definition) is 4. The molecule has 2 unspecified atom stereocenters. The summed E-state index contributed by atoms with van der Waals surface area (Å²) < 4.78 is 10.8. The Morgan fingerprint density at radius 3 is 2.92 bits per heavy atom. The first-order valence-electron chi connectivity index (χ1n) is 8.93. The predicted octanol–water partition coefficient (Wildman–Crippen LogP) is 3.03. The fraction of sp³-hybridized carbons (Fsp3) is 0.632. The Bertz CT molecular complexity index is 507. The predicted molar refractivity (Wildman–Crippen MR) is 103 cm³/mol. The lowest BCUT2D eigenvalue weighted by Gasteiger charge is -2.28. The topological polar surface area (TPSA) is 59.6 Å². The van der Waals surface area contributed by atoms with Gasteiger partial charge in [-0.2, -0.15) is 0 Å². The third kappa shape index (κ3) is 7.97. The Labute approximate surface area is 157 Å². The van der Waals surface area contributed by atoms with Crippen molar-refractivity contribution >= 4 is 18.3 Å². The Morgan fingerprint density at radius 2 is 2.20 bits per heavy atom. The van der Waals surface area contributed by atoms with Crippen molar-refractivity contribution in [3.63, 3.8) is 0 Å². The van der Waals surface area contributed by atoms with Crippen LogP contribution in [0.15, 0.2) is 24.3 Å². The zero-order valence-electron chi connectivity index (χ0n) is 15.3. The Hall–Kier alpha value is -1.46. The van der Waals surface area contributed by atoms with Gasteiger partial charge in [0, 0.05) is 19.0 Å². The summed E-state index contributed by atoms with van der Waals surface area (Å²) in [5, 5.41) is 6.41. The molecule has 1 aliphatic heterocycles. The molecule has 0 bridgehead atoms. The van der Waals surface area contributed by atoms with Crippen LogP contribution in [0.25, 0.3) is 0 Å². The van der Waals surface area contributed by atoms with E-state index in [2.05, 4.69) is 17.6 Å². The van der Waals surface area contributed by atoms with Crippen LogP contribution < -0.4 is 20.1 Å². The molecule has 1 aromatic rings. The van der Waals surface area contributed by atoms with Crippen LogP contribution in [0.3, 0.4) is 0 Å². The summed E-state index contributed by atoms with van der Waals surface area (Å²) in [6.45, 7) is 5.57. The van der Waals surface area contributed by atoms with Crippen LogP contribution in [0.5, 0.6) is 11.5 Å². The number of ether oxygens (including phenoxy) is 2. The third-order valence-corrected chi connectivity index (χ3v) is 4.60. The second-order valence-electron chi connectivity index (χ2n) is 6.52. The quantitative estimate of drug-likeness (QED) is 0.656. The van der Waals surface area contributed by atoms with Crippen molar-refractivity contribution in [1.82, 2.24) is 10.6 Å². The fourth-order valence-corrected chi connectivity index (χ4v) is 3.08. The molecule has 1 amide bonds. The number of halogens is 1. The maximum atomic E-state index is 12.0. The van der Waals surface area contributed by atoms with E-state index in [0.717, 1.165) is 31.0 Å². The van der Waals surface area contributed by atoms with Crippen LogP contribution >= 0.6 is 12.4 Å². The fourth-order valence-electron chi connectivity index (χ4n) is 3.08. The summed E-state index contributed by atoms with van der Waals surface area (Å²) in [5.74, 6) is 2.78. The summed E-state index contributed by atoms with van der Waals surface area (Å²) in [5.41, 5.74) is 0. The second-order valence-corrected chi connectivity index (χ2v) is 6.52. The molecule has 0 saturated carbocycles. The summed E-state index contributed by atoms with van der Waals surface area (Å²) in [6.07, 6.45) is 3.86. The monoisotopic (exact) mass is 370 g/mol. The molecule has 2 rings (SSSR count). The molecule has 142 valence electrons. The molecule has 2 N–H and O–H groups in total. The molecule has 6 heteroatoms. The van der Waals surface area contributed by atoms with Crippen molar-refractivity contribution < 1.29 is 14.3 Å². The van der Waals surface area contributed by atoms with E-state index >= 15 is 0 Å². The standard InChI is InChI=1S/C19H30N2O3.ClH/c1-15(16-6-4-9-20-14-16)12-19(22)21-10-5-11-24-18-8-3-7-17(13-18)23-2;/h3,7-8,13,15-16,20H,4-6,9-12,14H2,1-2H3,(H,21,22);1H. The summed E-state index contributed by atoms with van der Waals surface area (Å²) >= 11 is 0. The van der Waals surface area contributed by atoms with Crippen molar-refractivity contribution in [2.24, 2.45) is 11.8 Å². The lowest BCUT2D eigenvalue weighted by Crippen LogP contribution is -2.35. The molecule has 0 aromatic heterocycles. The molecule has 0 radical (unpaired) electrons. The number of methoxy groups -OCH3 is 1. The first kappa shape index (κ1) is 21.6. The molecular weight excluding hydrogens is 340 g/mol. The van der Waals surface area contributed by atoms with Crippen LogP contribution in [0, 0.1) is 11.8 Å². The van der Waals surface area contributed by atoms with Crippen molar-refractivity contribution in [3.05, 3.63) is 24.3 Å². The lowest BCUT2D eigenvalue weighted by atomic mass is 9.85. The van der Waals surface area contributed by atoms with Gasteiger partial charge in [-0.1, -0.05) is 13.0 Å². The van der Waals surface area contributed by atoms with E-state index in [1.54, 1.807) is 7.11 Å². The number of piperidine rings is 1. The largest absolute Gasteiger partial charge is 0.497 e. The molecular formula is C19H31ClN2O3. The number of carbonyl (C=O) groups is 1. The van der Waals surface area contributed by atoms with Crippen molar-refractivity contribution in [1.29, 1.82) is 0 Å². The molecule has 1 saturated heterocycles. The minimum atomic E-state index is 0. The average molecular weight is 371 g/mol. The van der Waals surface area contributed by atoms with Crippen LogP contribution in [-0.4, -0.2) is 39.3 Å². The van der Waals surface area contributed by atoms with Gasteiger partial charge in [-0.15, -0.1) is 12.4 Å². The summed E-state index contributed by atoms with van der Waals surface area (Å²) in [4.78, 5) is 12.0. The molecule has 5 nitrogen and oxygen atoms in total. The van der Waals surface area contributed by atoms with Crippen molar-refractivity contribution in [2.75, 3.05) is 33.4 Å². The first-order chi connectivity index (χ1) is 11.7. The zero-order chi connectivity index (χ0) is 17.2. The van der Waals surface area contributed by atoms with Gasteiger partial charge >= 0.3 is 0 Å². The number of carbonyl (C=O) groups excluding carboxylic acids is 1. The van der Waals surface area contributed by atoms with Crippen LogP contribution in [-0.2, 0) is 4.79 Å². The van der Waals surface area contributed by atoms with Gasteiger partial charge in [0.15, 0.2) is 0 Å². The van der Waals surface area contributed by atoms with Gasteiger partial charge in [-0.3, -0.25) is 4.79 Å². The van der Waals surface area contributed by atoms with E-state index in [0.29, 0.717) is 31.4 Å². The lowest BCUT2D eigenvalue weighted by molar-refractivity contribution is -0.122.